The molecule has 2 aliphatic rings. The molecule has 0 fully saturated rings. The SMILES string of the molecule is NS(=O)(=O)c1ccc(CC[NH+]=C(S)Nc2ccc(-c3c4ccc(=O)cc-4oc4cc(O)ccc34)c(C(=O)O)c2)cc1. The maximum Gasteiger partial charge on any atom is 0.336 e. The minimum atomic E-state index is -3.76. The number of carboxylic acid groups (broad SMARTS) is 1. The highest BCUT2D eigenvalue weighted by molar-refractivity contribution is 7.96. The van der Waals surface area contributed by atoms with E-state index in [1.54, 1.807) is 36.4 Å². The van der Waals surface area contributed by atoms with Crippen LogP contribution in [0, 0.1) is 0 Å². The number of phenolic OH excluding ortho intramolecular Hbond substituents is 1. The highest BCUT2D eigenvalue weighted by Gasteiger charge is 2.23. The van der Waals surface area contributed by atoms with E-state index in [-0.39, 0.29) is 27.4 Å². The first-order valence-electron chi connectivity index (χ1n) is 12.3. The van der Waals surface area contributed by atoms with Gasteiger partial charge in [-0.05, 0) is 65.7 Å². The molecular formula is C29H24N3O7S2+. The average Bonchev–Trinajstić information content (AvgIpc) is 2.91. The van der Waals surface area contributed by atoms with Crippen LogP contribution in [0.25, 0.3) is 33.4 Å². The van der Waals surface area contributed by atoms with E-state index >= 15 is 0 Å². The van der Waals surface area contributed by atoms with E-state index in [9.17, 15) is 28.2 Å². The molecule has 0 saturated carbocycles. The number of sulfonamides is 1. The second-order valence-electron chi connectivity index (χ2n) is 9.22. The molecule has 0 bridgehead atoms. The maximum atomic E-state index is 12.4. The van der Waals surface area contributed by atoms with E-state index in [0.29, 0.717) is 51.5 Å². The summed E-state index contributed by atoms with van der Waals surface area (Å²) in [4.78, 5) is 27.5. The first kappa shape index (κ1) is 27.9. The van der Waals surface area contributed by atoms with Crippen LogP contribution in [-0.2, 0) is 16.4 Å². The van der Waals surface area contributed by atoms with E-state index in [0.717, 1.165) is 5.56 Å². The number of phenols is 1. The van der Waals surface area contributed by atoms with Crippen LogP contribution in [-0.4, -0.2) is 36.3 Å². The minimum absolute atomic E-state index is 0.000783. The molecule has 41 heavy (non-hydrogen) atoms. The summed E-state index contributed by atoms with van der Waals surface area (Å²) in [7, 11) is -3.76. The topological polar surface area (TPSA) is 174 Å². The Labute approximate surface area is 239 Å². The number of hydrogen-bond donors (Lipinski definition) is 6. The first-order chi connectivity index (χ1) is 19.5. The maximum absolute atomic E-state index is 12.4. The summed E-state index contributed by atoms with van der Waals surface area (Å²) in [5.74, 6) is -0.937. The van der Waals surface area contributed by atoms with Crippen molar-refractivity contribution in [1.82, 2.24) is 0 Å². The lowest BCUT2D eigenvalue weighted by atomic mass is 9.90. The van der Waals surface area contributed by atoms with Crippen molar-refractivity contribution < 1.29 is 32.8 Å². The molecule has 1 aliphatic heterocycles. The standard InChI is InChI=1S/C29H23N3O7S2/c30-41(37,38)20-6-1-16(2-7-20)11-12-31-29(40)32-17-3-8-21(24(13-17)28(35)36)27-22-9-4-18(33)14-25(22)39-26-15-19(34)5-10-23(26)27/h1-10,13-15,33H,11-12H2,(H,35,36)(H2,30,37,38)(H2,31,32,40)/p+1. The molecule has 0 radical (unpaired) electrons. The molecule has 6 N–H and O–H groups in total. The largest absolute Gasteiger partial charge is 0.508 e. The van der Waals surface area contributed by atoms with E-state index in [1.165, 1.54) is 42.5 Å². The Bertz CT molecular complexity index is 1970. The Morgan fingerprint density at radius 1 is 0.976 bits per heavy atom. The molecule has 10 nitrogen and oxygen atoms in total. The molecule has 0 unspecified atom stereocenters. The molecule has 0 amide bonds. The van der Waals surface area contributed by atoms with Gasteiger partial charge in [0, 0.05) is 35.1 Å². The van der Waals surface area contributed by atoms with E-state index in [1.807, 2.05) is 0 Å². The number of thiol groups is 1. The number of nitrogens with one attached hydrogen (secondary N) is 2. The van der Waals surface area contributed by atoms with Gasteiger partial charge in [0.2, 0.25) is 10.0 Å². The lowest BCUT2D eigenvalue weighted by molar-refractivity contribution is -0.453. The van der Waals surface area contributed by atoms with Crippen molar-refractivity contribution in [3.63, 3.8) is 0 Å². The number of carboxylic acids is 1. The van der Waals surface area contributed by atoms with Crippen LogP contribution >= 0.6 is 12.6 Å². The number of anilines is 1. The number of primary sulfonamides is 1. The van der Waals surface area contributed by atoms with Gasteiger partial charge in [-0.2, -0.15) is 0 Å². The van der Waals surface area contributed by atoms with Crippen LogP contribution in [0.4, 0.5) is 5.69 Å². The van der Waals surface area contributed by atoms with Crippen LogP contribution in [0.3, 0.4) is 0 Å². The summed E-state index contributed by atoms with van der Waals surface area (Å²) in [5.41, 5.74) is 2.87. The van der Waals surface area contributed by atoms with E-state index in [2.05, 4.69) is 22.9 Å². The molecule has 208 valence electrons. The summed E-state index contributed by atoms with van der Waals surface area (Å²) in [6.45, 7) is 0.463. The minimum Gasteiger partial charge on any atom is -0.508 e. The number of nitrogens with two attached hydrogens (primary N) is 1. The third-order valence-electron chi connectivity index (χ3n) is 6.42. The molecule has 1 aliphatic carbocycles. The second-order valence-corrected chi connectivity index (χ2v) is 11.2. The number of benzene rings is 4. The number of aromatic carboxylic acids is 1. The molecular weight excluding hydrogens is 566 g/mol. The van der Waals surface area contributed by atoms with Gasteiger partial charge in [-0.15, -0.1) is 0 Å². The smallest absolute Gasteiger partial charge is 0.336 e. The van der Waals surface area contributed by atoms with Crippen molar-refractivity contribution in [2.24, 2.45) is 5.14 Å². The molecule has 1 heterocycles. The fourth-order valence-corrected chi connectivity index (χ4v) is 5.27. The van der Waals surface area contributed by atoms with Gasteiger partial charge in [-0.1, -0.05) is 24.8 Å². The molecule has 3 aromatic carbocycles. The van der Waals surface area contributed by atoms with Gasteiger partial charge in [0.25, 0.3) is 0 Å². The van der Waals surface area contributed by atoms with Gasteiger partial charge < -0.3 is 14.6 Å². The Morgan fingerprint density at radius 2 is 1.71 bits per heavy atom. The summed E-state index contributed by atoms with van der Waals surface area (Å²) in [6, 6.07) is 19.9. The molecule has 0 saturated heterocycles. The summed E-state index contributed by atoms with van der Waals surface area (Å²) < 4.78 is 28.7. The van der Waals surface area contributed by atoms with Crippen molar-refractivity contribution in [3.8, 4) is 28.2 Å². The Kier molecular flexibility index (Phi) is 7.54. The monoisotopic (exact) mass is 590 g/mol. The van der Waals surface area contributed by atoms with Crippen LogP contribution in [0.15, 0.2) is 93.0 Å². The molecule has 12 heteroatoms. The zero-order valence-corrected chi connectivity index (χ0v) is 23.0. The van der Waals surface area contributed by atoms with Gasteiger partial charge in [-0.25, -0.2) is 23.7 Å². The van der Waals surface area contributed by atoms with Crippen LogP contribution in [0.2, 0.25) is 0 Å². The number of rotatable bonds is 7. The molecule has 0 aromatic heterocycles. The van der Waals surface area contributed by atoms with E-state index in [4.69, 9.17) is 9.56 Å². The Hall–Kier alpha value is -4.65. The van der Waals surface area contributed by atoms with Crippen molar-refractivity contribution >= 4 is 50.4 Å². The fourth-order valence-electron chi connectivity index (χ4n) is 4.52. The summed E-state index contributed by atoms with van der Waals surface area (Å²) >= 11 is 4.43. The third-order valence-corrected chi connectivity index (χ3v) is 7.62. The van der Waals surface area contributed by atoms with Crippen molar-refractivity contribution in [1.29, 1.82) is 0 Å². The highest BCUT2D eigenvalue weighted by Crippen LogP contribution is 2.42. The predicted molar refractivity (Wildman–Crippen MR) is 158 cm³/mol. The number of hydrogen-bond acceptors (Lipinski definition) is 6. The van der Waals surface area contributed by atoms with Gasteiger partial charge in [0.15, 0.2) is 5.43 Å². The highest BCUT2D eigenvalue weighted by atomic mass is 32.2. The summed E-state index contributed by atoms with van der Waals surface area (Å²) in [5, 5.41) is 29.2. The van der Waals surface area contributed by atoms with Crippen molar-refractivity contribution in [3.05, 3.63) is 100 Å². The lowest BCUT2D eigenvalue weighted by Gasteiger charge is -2.17. The number of fused-ring (bicyclic) bond motifs is 2. The first-order valence-corrected chi connectivity index (χ1v) is 14.2. The zero-order valence-electron chi connectivity index (χ0n) is 21.3. The average molecular weight is 591 g/mol. The number of carbonyl (C=O) groups is 1. The zero-order chi connectivity index (χ0) is 29.3. The van der Waals surface area contributed by atoms with Crippen LogP contribution < -0.4 is 20.9 Å². The lowest BCUT2D eigenvalue weighted by Crippen LogP contribution is -2.74. The molecule has 5 rings (SSSR count). The Balaban J connectivity index is 1.44. The Morgan fingerprint density at radius 3 is 2.41 bits per heavy atom. The third kappa shape index (κ3) is 6.09. The second kappa shape index (κ2) is 11.1. The number of aromatic hydroxyl groups is 1. The van der Waals surface area contributed by atoms with Crippen LogP contribution in [0.5, 0.6) is 5.75 Å². The van der Waals surface area contributed by atoms with Gasteiger partial charge >= 0.3 is 11.1 Å². The molecule has 0 spiro atoms. The van der Waals surface area contributed by atoms with Crippen LogP contribution in [0.1, 0.15) is 15.9 Å². The molecule has 3 aromatic rings. The normalized spacial score (nSPS) is 12.1. The van der Waals surface area contributed by atoms with Gasteiger partial charge in [0.05, 0.1) is 17.0 Å². The van der Waals surface area contributed by atoms with Crippen molar-refractivity contribution in [2.75, 3.05) is 11.9 Å². The van der Waals surface area contributed by atoms with Gasteiger partial charge in [-0.3, -0.25) is 9.79 Å². The van der Waals surface area contributed by atoms with Gasteiger partial charge in [0.1, 0.15) is 22.8 Å². The fraction of sp³-hybridized carbons (Fsp3) is 0.0690. The predicted octanol–water partition coefficient (Wildman–Crippen LogP) is 2.64. The quantitative estimate of drug-likeness (QED) is 0.0726. The van der Waals surface area contributed by atoms with E-state index < -0.39 is 16.0 Å². The molecule has 0 atom stereocenters. The summed E-state index contributed by atoms with van der Waals surface area (Å²) in [6.07, 6.45) is 0.565. The number of amidine groups is 1. The van der Waals surface area contributed by atoms with Crippen molar-refractivity contribution in [2.45, 2.75) is 11.3 Å².